The molecule has 0 aromatic heterocycles. The van der Waals surface area contributed by atoms with Crippen molar-refractivity contribution in [1.29, 1.82) is 5.41 Å². The molecule has 30 heavy (non-hydrogen) atoms. The lowest BCUT2D eigenvalue weighted by Gasteiger charge is -2.40. The summed E-state index contributed by atoms with van der Waals surface area (Å²) in [6.07, 6.45) is 0.813. The van der Waals surface area contributed by atoms with Crippen LogP contribution in [0.2, 0.25) is 0 Å². The quantitative estimate of drug-likeness (QED) is 0.240. The van der Waals surface area contributed by atoms with E-state index >= 15 is 0 Å². The summed E-state index contributed by atoms with van der Waals surface area (Å²) in [5, 5.41) is 18.8. The lowest BCUT2D eigenvalue weighted by Crippen LogP contribution is -2.60. The minimum absolute atomic E-state index is 0.108. The maximum atomic E-state index is 12.7. The Morgan fingerprint density at radius 1 is 1.17 bits per heavy atom. The Morgan fingerprint density at radius 3 is 2.37 bits per heavy atom. The predicted molar refractivity (Wildman–Crippen MR) is 108 cm³/mol. The lowest BCUT2D eigenvalue weighted by atomic mass is 10.0. The zero-order chi connectivity index (χ0) is 22.3. The summed E-state index contributed by atoms with van der Waals surface area (Å²) in [6, 6.07) is 5.24. The van der Waals surface area contributed by atoms with Crippen LogP contribution in [0.1, 0.15) is 28.8 Å². The molecular formula is C19H26N6O5. The molecule has 3 amide bonds. The van der Waals surface area contributed by atoms with Crippen LogP contribution >= 0.6 is 0 Å². The van der Waals surface area contributed by atoms with Crippen molar-refractivity contribution < 1.29 is 24.3 Å². The molecule has 11 nitrogen and oxygen atoms in total. The minimum Gasteiger partial charge on any atom is -0.480 e. The molecule has 0 unspecified atom stereocenters. The van der Waals surface area contributed by atoms with Crippen LogP contribution in [0.15, 0.2) is 24.3 Å². The largest absolute Gasteiger partial charge is 0.480 e. The zero-order valence-electron chi connectivity index (χ0n) is 16.5. The van der Waals surface area contributed by atoms with E-state index in [4.69, 9.17) is 22.0 Å². The highest BCUT2D eigenvalue weighted by atomic mass is 16.4. The van der Waals surface area contributed by atoms with Gasteiger partial charge in [0.05, 0.1) is 6.54 Å². The van der Waals surface area contributed by atoms with Gasteiger partial charge in [0, 0.05) is 24.2 Å². The van der Waals surface area contributed by atoms with Gasteiger partial charge in [0.2, 0.25) is 11.8 Å². The van der Waals surface area contributed by atoms with Crippen molar-refractivity contribution in [2.45, 2.75) is 18.9 Å². The molecule has 1 aromatic rings. The van der Waals surface area contributed by atoms with Gasteiger partial charge in [-0.3, -0.25) is 24.6 Å². The van der Waals surface area contributed by atoms with Crippen LogP contribution < -0.4 is 16.8 Å². The van der Waals surface area contributed by atoms with Gasteiger partial charge in [0.1, 0.15) is 18.4 Å². The second-order valence-corrected chi connectivity index (χ2v) is 6.86. The van der Waals surface area contributed by atoms with Crippen molar-refractivity contribution in [2.75, 3.05) is 32.7 Å². The van der Waals surface area contributed by atoms with Gasteiger partial charge in [-0.05, 0) is 31.5 Å². The number of aliphatic carboxylic acids is 1. The number of piperazine rings is 1. The Bertz CT molecular complexity index is 825. The van der Waals surface area contributed by atoms with Gasteiger partial charge in [-0.15, -0.1) is 0 Å². The average Bonchev–Trinajstić information content (AvgIpc) is 2.72. The Labute approximate surface area is 173 Å². The third-order valence-electron chi connectivity index (χ3n) is 4.77. The molecule has 1 aromatic carbocycles. The summed E-state index contributed by atoms with van der Waals surface area (Å²) in [4.78, 5) is 51.1. The molecule has 2 rings (SSSR count). The van der Waals surface area contributed by atoms with E-state index in [9.17, 15) is 19.2 Å². The van der Waals surface area contributed by atoms with Gasteiger partial charge in [0.15, 0.2) is 0 Å². The van der Waals surface area contributed by atoms with Crippen LogP contribution in [-0.4, -0.2) is 83.2 Å². The number of hydrogen-bond acceptors (Lipinski definition) is 6. The molecule has 0 aliphatic carbocycles. The van der Waals surface area contributed by atoms with E-state index in [-0.39, 0.29) is 25.5 Å². The Hall–Kier alpha value is -3.47. The Kier molecular flexibility index (Phi) is 7.87. The van der Waals surface area contributed by atoms with Crippen molar-refractivity contribution in [1.82, 2.24) is 15.1 Å². The maximum absolute atomic E-state index is 12.7. The maximum Gasteiger partial charge on any atom is 0.323 e. The molecule has 0 spiro atoms. The molecule has 1 fully saturated rings. The summed E-state index contributed by atoms with van der Waals surface area (Å²) < 4.78 is 0. The monoisotopic (exact) mass is 418 g/mol. The molecule has 1 heterocycles. The van der Waals surface area contributed by atoms with E-state index in [0.717, 1.165) is 0 Å². The van der Waals surface area contributed by atoms with Crippen molar-refractivity contribution in [3.63, 3.8) is 0 Å². The first-order valence-electron chi connectivity index (χ1n) is 9.47. The highest BCUT2D eigenvalue weighted by Crippen LogP contribution is 2.16. The molecule has 11 heteroatoms. The summed E-state index contributed by atoms with van der Waals surface area (Å²) in [6.45, 7) is -0.115. The van der Waals surface area contributed by atoms with Gasteiger partial charge in [0.25, 0.3) is 5.91 Å². The van der Waals surface area contributed by atoms with Crippen LogP contribution in [0.25, 0.3) is 0 Å². The van der Waals surface area contributed by atoms with Gasteiger partial charge in [-0.1, -0.05) is 12.1 Å². The number of amides is 3. The van der Waals surface area contributed by atoms with E-state index in [1.165, 1.54) is 34.1 Å². The number of amidine groups is 1. The van der Waals surface area contributed by atoms with Gasteiger partial charge >= 0.3 is 5.97 Å². The lowest BCUT2D eigenvalue weighted by molar-refractivity contribution is -0.155. The van der Waals surface area contributed by atoms with Gasteiger partial charge in [-0.25, -0.2) is 0 Å². The van der Waals surface area contributed by atoms with Gasteiger partial charge < -0.3 is 31.7 Å². The summed E-state index contributed by atoms with van der Waals surface area (Å²) in [7, 11) is 0. The van der Waals surface area contributed by atoms with Crippen molar-refractivity contribution >= 4 is 29.5 Å². The molecule has 0 bridgehead atoms. The predicted octanol–water partition coefficient (Wildman–Crippen LogP) is -1.44. The topological polar surface area (TPSA) is 183 Å². The molecule has 1 atom stereocenters. The van der Waals surface area contributed by atoms with E-state index < -0.39 is 36.3 Å². The Balaban J connectivity index is 2.01. The molecule has 162 valence electrons. The first-order valence-corrected chi connectivity index (χ1v) is 9.47. The van der Waals surface area contributed by atoms with Crippen LogP contribution in [0.5, 0.6) is 0 Å². The van der Waals surface area contributed by atoms with Gasteiger partial charge in [-0.2, -0.15) is 0 Å². The molecule has 0 radical (unpaired) electrons. The first kappa shape index (κ1) is 22.8. The third kappa shape index (κ3) is 5.77. The number of nitrogens with zero attached hydrogens (tertiary/aromatic N) is 2. The number of carbonyl (C=O) groups is 4. The fraction of sp³-hybridized carbons (Fsp3) is 0.421. The van der Waals surface area contributed by atoms with Crippen LogP contribution in [-0.2, 0) is 14.4 Å². The van der Waals surface area contributed by atoms with Crippen molar-refractivity contribution in [3.8, 4) is 0 Å². The number of nitrogens with two attached hydrogens (primary N) is 2. The fourth-order valence-corrected chi connectivity index (χ4v) is 3.21. The van der Waals surface area contributed by atoms with Crippen molar-refractivity contribution in [3.05, 3.63) is 35.4 Å². The molecule has 1 aliphatic rings. The number of carbonyl (C=O) groups excluding carboxylic acids is 3. The number of hydrogen-bond donors (Lipinski definition) is 5. The van der Waals surface area contributed by atoms with Crippen LogP contribution in [0.4, 0.5) is 0 Å². The second kappa shape index (κ2) is 10.3. The van der Waals surface area contributed by atoms with Crippen LogP contribution in [0, 0.1) is 5.41 Å². The number of nitrogen functional groups attached to an aromatic ring is 1. The Morgan fingerprint density at radius 2 is 1.80 bits per heavy atom. The number of nitrogens with one attached hydrogen (secondary N) is 2. The second-order valence-electron chi connectivity index (χ2n) is 6.86. The normalized spacial score (nSPS) is 16.3. The highest BCUT2D eigenvalue weighted by Gasteiger charge is 2.37. The van der Waals surface area contributed by atoms with Crippen molar-refractivity contribution in [2.24, 2.45) is 11.5 Å². The number of carboxylic acid groups (broad SMARTS) is 1. The molecule has 1 aliphatic heterocycles. The summed E-state index contributed by atoms with van der Waals surface area (Å²) in [5.41, 5.74) is 11.7. The van der Waals surface area contributed by atoms with E-state index in [2.05, 4.69) is 5.32 Å². The van der Waals surface area contributed by atoms with E-state index in [1.54, 1.807) is 0 Å². The molecule has 1 saturated heterocycles. The molecular weight excluding hydrogens is 392 g/mol. The van der Waals surface area contributed by atoms with Crippen LogP contribution in [0.3, 0.4) is 0 Å². The standard InChI is InChI=1S/C19H26N6O5/c20-7-1-2-14-19(30)24(11-16(27)28)8-9-25(14)15(26)10-23-18(29)13-5-3-12(4-6-13)17(21)22/h3-6,14H,1-2,7-11,20H2,(H3,21,22)(H,23,29)(H,27,28)/t14-/m0/s1. The zero-order valence-corrected chi connectivity index (χ0v) is 16.5. The smallest absolute Gasteiger partial charge is 0.323 e. The molecule has 0 saturated carbocycles. The van der Waals surface area contributed by atoms with E-state index in [0.29, 0.717) is 30.5 Å². The molecule has 7 N–H and O–H groups in total. The number of benzene rings is 1. The SMILES string of the molecule is N=C(N)c1ccc(C(=O)NCC(=O)N2CCN(CC(=O)O)C(=O)[C@@H]2CCCN)cc1. The summed E-state index contributed by atoms with van der Waals surface area (Å²) in [5.74, 6) is -2.59. The highest BCUT2D eigenvalue weighted by molar-refractivity contribution is 5.99. The summed E-state index contributed by atoms with van der Waals surface area (Å²) >= 11 is 0. The van der Waals surface area contributed by atoms with E-state index in [1.807, 2.05) is 0 Å². The third-order valence-corrected chi connectivity index (χ3v) is 4.77. The number of rotatable bonds is 9. The fourth-order valence-electron chi connectivity index (χ4n) is 3.21. The average molecular weight is 418 g/mol. The number of carboxylic acids is 1. The minimum atomic E-state index is -1.12. The first-order chi connectivity index (χ1) is 14.2.